The maximum absolute atomic E-state index is 12.7. The number of nitrogens with one attached hydrogen (secondary N) is 2. The van der Waals surface area contributed by atoms with E-state index in [0.29, 0.717) is 41.1 Å². The molecule has 0 unspecified atom stereocenters. The molecule has 0 aliphatic carbocycles. The lowest BCUT2D eigenvalue weighted by Gasteiger charge is -2.19. The van der Waals surface area contributed by atoms with E-state index in [0.717, 1.165) is 0 Å². The summed E-state index contributed by atoms with van der Waals surface area (Å²) >= 11 is 6.06. The first-order valence-electron chi connectivity index (χ1n) is 9.57. The third-order valence-electron chi connectivity index (χ3n) is 4.40. The number of benzene rings is 3. The van der Waals surface area contributed by atoms with Gasteiger partial charge in [0.05, 0.1) is 5.56 Å². The molecule has 3 aromatic rings. The molecule has 1 heterocycles. The summed E-state index contributed by atoms with van der Waals surface area (Å²) in [6.45, 7) is 0.660. The second kappa shape index (κ2) is 9.40. The van der Waals surface area contributed by atoms with Gasteiger partial charge in [-0.2, -0.15) is 0 Å². The maximum Gasteiger partial charge on any atom is 0.262 e. The molecule has 1 aliphatic rings. The van der Waals surface area contributed by atoms with Gasteiger partial charge < -0.3 is 24.8 Å². The number of carbonyl (C=O) groups is 2. The predicted octanol–water partition coefficient (Wildman–Crippen LogP) is 4.38. The van der Waals surface area contributed by atoms with Gasteiger partial charge in [-0.1, -0.05) is 29.8 Å². The van der Waals surface area contributed by atoms with Gasteiger partial charge in [-0.25, -0.2) is 0 Å². The topological polar surface area (TPSA) is 85.9 Å². The first kappa shape index (κ1) is 20.6. The Hall–Kier alpha value is -3.71. The molecule has 1 aliphatic heterocycles. The molecule has 2 N–H and O–H groups in total. The van der Waals surface area contributed by atoms with Gasteiger partial charge in [-0.3, -0.25) is 9.59 Å². The van der Waals surface area contributed by atoms with Crippen molar-refractivity contribution in [2.75, 3.05) is 30.5 Å². The van der Waals surface area contributed by atoms with Crippen LogP contribution < -0.4 is 24.8 Å². The summed E-state index contributed by atoms with van der Waals surface area (Å²) in [5.74, 6) is 0.672. The highest BCUT2D eigenvalue weighted by molar-refractivity contribution is 6.31. The quantitative estimate of drug-likeness (QED) is 0.596. The maximum atomic E-state index is 12.7. The van der Waals surface area contributed by atoms with Crippen molar-refractivity contribution < 1.29 is 23.8 Å². The van der Waals surface area contributed by atoms with E-state index < -0.39 is 5.91 Å². The van der Waals surface area contributed by atoms with Crippen LogP contribution in [0.25, 0.3) is 0 Å². The predicted molar refractivity (Wildman–Crippen MR) is 117 cm³/mol. The van der Waals surface area contributed by atoms with Crippen molar-refractivity contribution in [2.45, 2.75) is 0 Å². The molecule has 0 spiro atoms. The molecule has 0 aromatic heterocycles. The monoisotopic (exact) mass is 438 g/mol. The van der Waals surface area contributed by atoms with Crippen molar-refractivity contribution in [3.63, 3.8) is 0 Å². The van der Waals surface area contributed by atoms with Crippen LogP contribution in [0, 0.1) is 0 Å². The zero-order valence-electron chi connectivity index (χ0n) is 16.4. The Kier molecular flexibility index (Phi) is 6.24. The average molecular weight is 439 g/mol. The van der Waals surface area contributed by atoms with Crippen LogP contribution in [0.15, 0.2) is 66.7 Å². The second-order valence-electron chi connectivity index (χ2n) is 6.66. The largest absolute Gasteiger partial charge is 0.486 e. The Balaban J connectivity index is 1.41. The molecule has 31 heavy (non-hydrogen) atoms. The molecular formula is C23H19ClN2O5. The number of fused-ring (bicyclic) bond motifs is 1. The number of rotatable bonds is 6. The van der Waals surface area contributed by atoms with Crippen molar-refractivity contribution >= 4 is 34.8 Å². The van der Waals surface area contributed by atoms with Crippen molar-refractivity contribution in [3.8, 4) is 17.2 Å². The molecule has 3 aromatic carbocycles. The van der Waals surface area contributed by atoms with Gasteiger partial charge in [0.1, 0.15) is 19.0 Å². The van der Waals surface area contributed by atoms with Gasteiger partial charge in [0.2, 0.25) is 0 Å². The van der Waals surface area contributed by atoms with Crippen LogP contribution >= 0.6 is 11.6 Å². The van der Waals surface area contributed by atoms with Crippen molar-refractivity contribution in [1.82, 2.24) is 0 Å². The highest BCUT2D eigenvalue weighted by atomic mass is 35.5. The summed E-state index contributed by atoms with van der Waals surface area (Å²) in [5, 5.41) is 5.90. The summed E-state index contributed by atoms with van der Waals surface area (Å²) in [6.07, 6.45) is 0. The summed E-state index contributed by atoms with van der Waals surface area (Å²) in [4.78, 5) is 25.0. The third kappa shape index (κ3) is 5.26. The van der Waals surface area contributed by atoms with Crippen LogP contribution in [0.5, 0.6) is 17.2 Å². The molecule has 8 heteroatoms. The molecule has 0 saturated carbocycles. The summed E-state index contributed by atoms with van der Waals surface area (Å²) < 4.78 is 16.6. The molecule has 158 valence electrons. The fourth-order valence-electron chi connectivity index (χ4n) is 2.99. The minimum atomic E-state index is -0.393. The van der Waals surface area contributed by atoms with E-state index in [-0.39, 0.29) is 23.8 Å². The van der Waals surface area contributed by atoms with Crippen LogP contribution in [0.1, 0.15) is 10.4 Å². The van der Waals surface area contributed by atoms with Gasteiger partial charge in [0.25, 0.3) is 11.8 Å². The first-order valence-corrected chi connectivity index (χ1v) is 9.94. The van der Waals surface area contributed by atoms with E-state index in [4.69, 9.17) is 25.8 Å². The van der Waals surface area contributed by atoms with Gasteiger partial charge in [0, 0.05) is 22.5 Å². The molecule has 0 fully saturated rings. The van der Waals surface area contributed by atoms with Crippen LogP contribution in [0.2, 0.25) is 5.02 Å². The average Bonchev–Trinajstić information content (AvgIpc) is 2.79. The van der Waals surface area contributed by atoms with Crippen LogP contribution in [-0.2, 0) is 4.79 Å². The zero-order valence-corrected chi connectivity index (χ0v) is 17.1. The summed E-state index contributed by atoms with van der Waals surface area (Å²) in [5.41, 5.74) is 1.41. The first-order chi connectivity index (χ1) is 15.1. The fourth-order valence-corrected chi connectivity index (χ4v) is 3.16. The number of hydrogen-bond acceptors (Lipinski definition) is 5. The lowest BCUT2D eigenvalue weighted by atomic mass is 10.2. The van der Waals surface area contributed by atoms with E-state index in [1.165, 1.54) is 6.07 Å². The Labute approximate surface area is 183 Å². The molecule has 0 radical (unpaired) electrons. The number of amides is 2. The second-order valence-corrected chi connectivity index (χ2v) is 7.09. The Morgan fingerprint density at radius 1 is 0.871 bits per heavy atom. The minimum Gasteiger partial charge on any atom is -0.486 e. The van der Waals surface area contributed by atoms with E-state index in [2.05, 4.69) is 10.6 Å². The van der Waals surface area contributed by atoms with Gasteiger partial charge >= 0.3 is 0 Å². The number of ether oxygens (including phenoxy) is 3. The molecule has 7 nitrogen and oxygen atoms in total. The van der Waals surface area contributed by atoms with Gasteiger partial charge in [-0.15, -0.1) is 0 Å². The standard InChI is InChI=1S/C23H19ClN2O5/c24-15-6-8-19(18(12-15)23(28)26-16-4-2-1-3-5-16)31-14-22(27)25-17-7-9-20-21(13-17)30-11-10-29-20/h1-9,12-13H,10-11,14H2,(H,25,27)(H,26,28). The summed E-state index contributed by atoms with van der Waals surface area (Å²) in [7, 11) is 0. The van der Waals surface area contributed by atoms with Gasteiger partial charge in [-0.05, 0) is 42.5 Å². The van der Waals surface area contributed by atoms with Crippen molar-refractivity contribution in [1.29, 1.82) is 0 Å². The molecule has 4 rings (SSSR count). The summed E-state index contributed by atoms with van der Waals surface area (Å²) in [6, 6.07) is 18.8. The number of hydrogen-bond donors (Lipinski definition) is 2. The molecule has 0 saturated heterocycles. The fraction of sp³-hybridized carbons (Fsp3) is 0.130. The minimum absolute atomic E-state index is 0.225. The Morgan fingerprint density at radius 2 is 1.65 bits per heavy atom. The van der Waals surface area contributed by atoms with E-state index >= 15 is 0 Å². The SMILES string of the molecule is O=C(COc1ccc(Cl)cc1C(=O)Nc1ccccc1)Nc1ccc2c(c1)OCCO2. The smallest absolute Gasteiger partial charge is 0.262 e. The third-order valence-corrected chi connectivity index (χ3v) is 4.64. The zero-order chi connectivity index (χ0) is 21.6. The van der Waals surface area contributed by atoms with Crippen molar-refractivity contribution in [2.24, 2.45) is 0 Å². The number of anilines is 2. The van der Waals surface area contributed by atoms with Crippen LogP contribution in [-0.4, -0.2) is 31.6 Å². The van der Waals surface area contributed by atoms with Gasteiger partial charge in [0.15, 0.2) is 18.1 Å². The van der Waals surface area contributed by atoms with E-state index in [1.54, 1.807) is 42.5 Å². The Bertz CT molecular complexity index is 1100. The van der Waals surface area contributed by atoms with E-state index in [1.807, 2.05) is 18.2 Å². The molecule has 2 amide bonds. The lowest BCUT2D eigenvalue weighted by molar-refractivity contribution is -0.118. The highest BCUT2D eigenvalue weighted by Crippen LogP contribution is 2.32. The number of halogens is 1. The number of carbonyl (C=O) groups excluding carboxylic acids is 2. The highest BCUT2D eigenvalue weighted by Gasteiger charge is 2.16. The number of para-hydroxylation sites is 1. The van der Waals surface area contributed by atoms with Crippen LogP contribution in [0.3, 0.4) is 0 Å². The molecule has 0 atom stereocenters. The molecular weight excluding hydrogens is 420 g/mol. The van der Waals surface area contributed by atoms with Crippen LogP contribution in [0.4, 0.5) is 11.4 Å². The van der Waals surface area contributed by atoms with Crippen molar-refractivity contribution in [3.05, 3.63) is 77.3 Å². The molecule has 0 bridgehead atoms. The van der Waals surface area contributed by atoms with E-state index in [9.17, 15) is 9.59 Å². The normalized spacial score (nSPS) is 12.0. The Morgan fingerprint density at radius 3 is 2.45 bits per heavy atom. The lowest BCUT2D eigenvalue weighted by Crippen LogP contribution is -2.22.